The Balaban J connectivity index is 1.76. The number of rotatable bonds is 4. The van der Waals surface area contributed by atoms with Crippen LogP contribution in [0.15, 0.2) is 36.4 Å². The first kappa shape index (κ1) is 16.2. The quantitative estimate of drug-likeness (QED) is 0.912. The third-order valence-corrected chi connectivity index (χ3v) is 3.95. The van der Waals surface area contributed by atoms with Gasteiger partial charge in [0.05, 0.1) is 12.3 Å². The van der Waals surface area contributed by atoms with Crippen molar-refractivity contribution in [2.45, 2.75) is 19.5 Å². The van der Waals surface area contributed by atoms with Gasteiger partial charge in [0.15, 0.2) is 0 Å². The van der Waals surface area contributed by atoms with Gasteiger partial charge in [0.1, 0.15) is 18.5 Å². The zero-order chi connectivity index (χ0) is 17.1. The van der Waals surface area contributed by atoms with Gasteiger partial charge in [-0.15, -0.1) is 0 Å². The van der Waals surface area contributed by atoms with Crippen LogP contribution in [0.3, 0.4) is 0 Å². The summed E-state index contributed by atoms with van der Waals surface area (Å²) in [5.41, 5.74) is 1.78. The largest absolute Gasteiger partial charge is 0.369 e. The minimum atomic E-state index is -0.665. The maximum atomic E-state index is 12.6. The van der Waals surface area contributed by atoms with E-state index in [1.165, 1.54) is 0 Å². The summed E-state index contributed by atoms with van der Waals surface area (Å²) >= 11 is 0. The third kappa shape index (κ3) is 3.46. The molecule has 7 nitrogen and oxygen atoms in total. The molecule has 1 aliphatic rings. The number of aromatic nitrogens is 2. The molecule has 1 aliphatic heterocycles. The number of nitrogens with one attached hydrogen (secondary N) is 1. The summed E-state index contributed by atoms with van der Waals surface area (Å²) in [5.74, 6) is 0.128. The number of benzene rings is 1. The van der Waals surface area contributed by atoms with Crippen LogP contribution in [-0.4, -0.2) is 45.8 Å². The van der Waals surface area contributed by atoms with E-state index in [9.17, 15) is 9.59 Å². The number of carbonyl (C=O) groups is 2. The Hall–Kier alpha value is -2.67. The minimum Gasteiger partial charge on any atom is -0.369 e. The first-order valence-electron chi connectivity index (χ1n) is 7.77. The Morgan fingerprint density at radius 1 is 1.38 bits per heavy atom. The lowest BCUT2D eigenvalue weighted by molar-refractivity contribution is -0.154. The molecule has 2 heterocycles. The third-order valence-electron chi connectivity index (χ3n) is 3.95. The number of carbonyl (C=O) groups excluding carboxylic acids is 2. The zero-order valence-electron chi connectivity index (χ0n) is 13.7. The zero-order valence-corrected chi connectivity index (χ0v) is 13.7. The molecular weight excluding hydrogens is 308 g/mol. The van der Waals surface area contributed by atoms with Gasteiger partial charge in [0, 0.05) is 19.7 Å². The van der Waals surface area contributed by atoms with E-state index in [1.807, 2.05) is 37.3 Å². The first-order chi connectivity index (χ1) is 11.5. The summed E-state index contributed by atoms with van der Waals surface area (Å²) in [6.07, 6.45) is 0. The van der Waals surface area contributed by atoms with Crippen molar-refractivity contribution >= 4 is 17.6 Å². The van der Waals surface area contributed by atoms with Crippen molar-refractivity contribution in [3.63, 3.8) is 0 Å². The lowest BCUT2D eigenvalue weighted by Gasteiger charge is -2.34. The highest BCUT2D eigenvalue weighted by Gasteiger charge is 2.34. The van der Waals surface area contributed by atoms with Gasteiger partial charge < -0.3 is 15.0 Å². The summed E-state index contributed by atoms with van der Waals surface area (Å²) in [7, 11) is 1.76. The molecule has 2 aromatic rings. The predicted molar refractivity (Wildman–Crippen MR) is 88.2 cm³/mol. The summed E-state index contributed by atoms with van der Waals surface area (Å²) in [4.78, 5) is 26.5. The lowest BCUT2D eigenvalue weighted by atomic mass is 10.1. The molecular formula is C17H20N4O3. The number of amides is 2. The Morgan fingerprint density at radius 2 is 2.12 bits per heavy atom. The average molecular weight is 328 g/mol. The number of hydrogen-bond donors (Lipinski definition) is 1. The molecule has 1 saturated heterocycles. The number of morpholine rings is 1. The highest BCUT2D eigenvalue weighted by atomic mass is 16.5. The van der Waals surface area contributed by atoms with Gasteiger partial charge >= 0.3 is 0 Å². The molecule has 1 atom stereocenters. The van der Waals surface area contributed by atoms with Gasteiger partial charge in [-0.2, -0.15) is 5.10 Å². The van der Waals surface area contributed by atoms with Gasteiger partial charge in [-0.05, 0) is 12.5 Å². The maximum Gasteiger partial charge on any atom is 0.250 e. The Morgan fingerprint density at radius 3 is 2.79 bits per heavy atom. The fraction of sp³-hybridized carbons (Fsp3) is 0.353. The minimum absolute atomic E-state index is 0.00142. The average Bonchev–Trinajstić information content (AvgIpc) is 2.87. The van der Waals surface area contributed by atoms with Gasteiger partial charge in [-0.3, -0.25) is 14.3 Å². The number of ether oxygens (including phenoxy) is 1. The molecule has 2 amide bonds. The van der Waals surface area contributed by atoms with Crippen LogP contribution in [0.25, 0.3) is 0 Å². The van der Waals surface area contributed by atoms with Crippen molar-refractivity contribution in [2.75, 3.05) is 18.5 Å². The van der Waals surface area contributed by atoms with Crippen LogP contribution in [0.2, 0.25) is 0 Å². The molecule has 0 bridgehead atoms. The second-order valence-electron chi connectivity index (χ2n) is 5.82. The van der Waals surface area contributed by atoms with E-state index in [0.717, 1.165) is 11.3 Å². The van der Waals surface area contributed by atoms with E-state index in [-0.39, 0.29) is 25.0 Å². The number of anilines is 1. The molecule has 3 rings (SSSR count). The summed E-state index contributed by atoms with van der Waals surface area (Å²) in [6, 6.07) is 10.7. The fourth-order valence-electron chi connectivity index (χ4n) is 2.74. The van der Waals surface area contributed by atoms with Crippen molar-refractivity contribution < 1.29 is 14.3 Å². The van der Waals surface area contributed by atoms with Crippen LogP contribution in [0.4, 0.5) is 5.82 Å². The van der Waals surface area contributed by atoms with Gasteiger partial charge in [-0.1, -0.05) is 30.3 Å². The smallest absolute Gasteiger partial charge is 0.250 e. The standard InChI is InChI=1S/C17H20N4O3/c1-12-8-15(20(2)19-12)18-17(23)14-10-24-11-16(22)21(14)9-13-6-4-3-5-7-13/h3-8,14H,9-11H2,1-2H3,(H,18,23)/t14-/m1/s1. The van der Waals surface area contributed by atoms with E-state index in [0.29, 0.717) is 12.4 Å². The molecule has 0 aliphatic carbocycles. The van der Waals surface area contributed by atoms with Crippen LogP contribution in [-0.2, 0) is 27.9 Å². The van der Waals surface area contributed by atoms with Crippen molar-refractivity contribution in [3.8, 4) is 0 Å². The number of aryl methyl sites for hydroxylation is 2. The molecule has 126 valence electrons. The number of hydrogen-bond acceptors (Lipinski definition) is 4. The van der Waals surface area contributed by atoms with Crippen molar-refractivity contribution in [2.24, 2.45) is 7.05 Å². The maximum absolute atomic E-state index is 12.6. The highest BCUT2D eigenvalue weighted by Crippen LogP contribution is 2.16. The fourth-order valence-corrected chi connectivity index (χ4v) is 2.74. The molecule has 1 aromatic heterocycles. The van der Waals surface area contributed by atoms with E-state index >= 15 is 0 Å². The SMILES string of the molecule is Cc1cc(NC(=O)[C@H]2COCC(=O)N2Cc2ccccc2)n(C)n1. The first-order valence-corrected chi connectivity index (χ1v) is 7.77. The van der Waals surface area contributed by atoms with Crippen LogP contribution in [0, 0.1) is 6.92 Å². The molecule has 0 spiro atoms. The van der Waals surface area contributed by atoms with Crippen LogP contribution in [0.5, 0.6) is 0 Å². The van der Waals surface area contributed by atoms with Crippen LogP contribution in [0.1, 0.15) is 11.3 Å². The topological polar surface area (TPSA) is 76.5 Å². The van der Waals surface area contributed by atoms with E-state index in [1.54, 1.807) is 22.7 Å². The highest BCUT2D eigenvalue weighted by molar-refractivity contribution is 5.97. The number of nitrogens with zero attached hydrogens (tertiary/aromatic N) is 3. The molecule has 0 unspecified atom stereocenters. The molecule has 24 heavy (non-hydrogen) atoms. The monoisotopic (exact) mass is 328 g/mol. The van der Waals surface area contributed by atoms with Crippen LogP contribution >= 0.6 is 0 Å². The van der Waals surface area contributed by atoms with Crippen molar-refractivity contribution in [1.82, 2.24) is 14.7 Å². The van der Waals surface area contributed by atoms with E-state index < -0.39 is 6.04 Å². The molecule has 1 N–H and O–H groups in total. The van der Waals surface area contributed by atoms with E-state index in [2.05, 4.69) is 10.4 Å². The second kappa shape index (κ2) is 6.84. The normalized spacial score (nSPS) is 17.8. The Labute approximate surface area is 140 Å². The molecule has 0 radical (unpaired) electrons. The van der Waals surface area contributed by atoms with Crippen LogP contribution < -0.4 is 5.32 Å². The van der Waals surface area contributed by atoms with Gasteiger partial charge in [-0.25, -0.2) is 0 Å². The van der Waals surface area contributed by atoms with Crippen molar-refractivity contribution in [3.05, 3.63) is 47.7 Å². The molecule has 1 fully saturated rings. The summed E-state index contributed by atoms with van der Waals surface area (Å²) in [6.45, 7) is 2.42. The summed E-state index contributed by atoms with van der Waals surface area (Å²) < 4.78 is 6.88. The Kier molecular flexibility index (Phi) is 4.61. The van der Waals surface area contributed by atoms with Gasteiger partial charge in [0.25, 0.3) is 5.91 Å². The second-order valence-corrected chi connectivity index (χ2v) is 5.82. The van der Waals surface area contributed by atoms with Gasteiger partial charge in [0.2, 0.25) is 5.91 Å². The summed E-state index contributed by atoms with van der Waals surface area (Å²) in [5, 5.41) is 7.03. The molecule has 7 heteroatoms. The molecule has 0 saturated carbocycles. The Bertz CT molecular complexity index is 742. The molecule has 1 aromatic carbocycles. The van der Waals surface area contributed by atoms with Crippen molar-refractivity contribution in [1.29, 1.82) is 0 Å². The van der Waals surface area contributed by atoms with E-state index in [4.69, 9.17) is 4.74 Å². The lowest BCUT2D eigenvalue weighted by Crippen LogP contribution is -2.54. The predicted octanol–water partition coefficient (Wildman–Crippen LogP) is 1.09.